The second-order valence-corrected chi connectivity index (χ2v) is 5.93. The average Bonchev–Trinajstić information content (AvgIpc) is 2.39. The molecule has 2 fully saturated rings. The van der Waals surface area contributed by atoms with Crippen LogP contribution in [0, 0.1) is 0 Å². The van der Waals surface area contributed by atoms with Crippen LogP contribution in [0.25, 0.3) is 0 Å². The molecule has 0 spiro atoms. The van der Waals surface area contributed by atoms with Crippen LogP contribution in [0.4, 0.5) is 0 Å². The number of amides is 1. The molecule has 3 unspecified atom stereocenters. The van der Waals surface area contributed by atoms with Crippen molar-refractivity contribution >= 4 is 17.7 Å². The number of carbonyl (C=O) groups excluding carboxylic acids is 1. The van der Waals surface area contributed by atoms with Gasteiger partial charge < -0.3 is 15.0 Å². The van der Waals surface area contributed by atoms with Gasteiger partial charge in [-0.25, -0.2) is 0 Å². The molecule has 1 amide bonds. The molecule has 2 saturated heterocycles. The number of hydrogen-bond donors (Lipinski definition) is 1. The molecule has 0 aromatic heterocycles. The first kappa shape index (κ1) is 13.2. The number of carbonyl (C=O) groups is 1. The molecule has 0 aliphatic carbocycles. The quantitative estimate of drug-likeness (QED) is 0.792. The van der Waals surface area contributed by atoms with Gasteiger partial charge in [0.25, 0.3) is 0 Å². The van der Waals surface area contributed by atoms with E-state index in [9.17, 15) is 4.79 Å². The van der Waals surface area contributed by atoms with Crippen LogP contribution in [0.2, 0.25) is 0 Å². The van der Waals surface area contributed by atoms with Crippen LogP contribution in [-0.4, -0.2) is 60.2 Å². The van der Waals surface area contributed by atoms with Gasteiger partial charge in [0, 0.05) is 24.6 Å². The van der Waals surface area contributed by atoms with E-state index in [1.165, 1.54) is 0 Å². The summed E-state index contributed by atoms with van der Waals surface area (Å²) < 4.78 is 5.63. The van der Waals surface area contributed by atoms with E-state index in [-0.39, 0.29) is 24.1 Å². The highest BCUT2D eigenvalue weighted by atomic mass is 32.2. The minimum absolute atomic E-state index is 0.00750. The van der Waals surface area contributed by atoms with Gasteiger partial charge in [0.1, 0.15) is 0 Å². The maximum atomic E-state index is 12.5. The summed E-state index contributed by atoms with van der Waals surface area (Å²) in [5.74, 6) is 2.28. The van der Waals surface area contributed by atoms with Gasteiger partial charge in [-0.1, -0.05) is 6.92 Å². The molecule has 17 heavy (non-hydrogen) atoms. The summed E-state index contributed by atoms with van der Waals surface area (Å²) in [5.41, 5.74) is 0. The predicted molar refractivity (Wildman–Crippen MR) is 70.3 cm³/mol. The lowest BCUT2D eigenvalue weighted by molar-refractivity contribution is -0.146. The van der Waals surface area contributed by atoms with E-state index < -0.39 is 0 Å². The Labute approximate surface area is 107 Å². The smallest absolute Gasteiger partial charge is 0.240 e. The highest BCUT2D eigenvalue weighted by Crippen LogP contribution is 2.18. The van der Waals surface area contributed by atoms with Crippen molar-refractivity contribution < 1.29 is 9.53 Å². The van der Waals surface area contributed by atoms with E-state index in [4.69, 9.17) is 4.74 Å². The minimum Gasteiger partial charge on any atom is -0.375 e. The van der Waals surface area contributed by atoms with Crippen molar-refractivity contribution in [2.24, 2.45) is 0 Å². The summed E-state index contributed by atoms with van der Waals surface area (Å²) in [4.78, 5) is 14.5. The van der Waals surface area contributed by atoms with Crippen molar-refractivity contribution in [2.75, 3.05) is 31.2 Å². The fraction of sp³-hybridized carbons (Fsp3) is 0.917. The third-order valence-corrected chi connectivity index (χ3v) is 4.50. The Balaban J connectivity index is 1.99. The summed E-state index contributed by atoms with van der Waals surface area (Å²) >= 11 is 1.86. The third-order valence-electron chi connectivity index (χ3n) is 3.44. The zero-order valence-electron chi connectivity index (χ0n) is 10.6. The van der Waals surface area contributed by atoms with Gasteiger partial charge in [-0.2, -0.15) is 11.8 Å². The fourth-order valence-electron chi connectivity index (χ4n) is 2.38. The predicted octanol–water partition coefficient (Wildman–Crippen LogP) is 0.717. The first-order chi connectivity index (χ1) is 8.22. The van der Waals surface area contributed by atoms with Gasteiger partial charge in [-0.3, -0.25) is 4.79 Å². The number of rotatable bonds is 2. The molecule has 4 nitrogen and oxygen atoms in total. The summed E-state index contributed by atoms with van der Waals surface area (Å²) in [6, 6.07) is 0.264. The summed E-state index contributed by atoms with van der Waals surface area (Å²) in [5, 5.41) is 3.32. The summed E-state index contributed by atoms with van der Waals surface area (Å²) in [6.07, 6.45) is 1.14. The molecular weight excluding hydrogens is 236 g/mol. The van der Waals surface area contributed by atoms with Crippen molar-refractivity contribution in [1.29, 1.82) is 0 Å². The van der Waals surface area contributed by atoms with Gasteiger partial charge in [0.2, 0.25) is 5.91 Å². The molecule has 1 N–H and O–H groups in total. The lowest BCUT2D eigenvalue weighted by Gasteiger charge is -2.40. The number of nitrogens with one attached hydrogen (secondary N) is 1. The topological polar surface area (TPSA) is 41.6 Å². The molecular formula is C12H22N2O2S. The third kappa shape index (κ3) is 3.14. The van der Waals surface area contributed by atoms with Crippen molar-refractivity contribution in [1.82, 2.24) is 10.2 Å². The van der Waals surface area contributed by atoms with E-state index in [2.05, 4.69) is 12.2 Å². The van der Waals surface area contributed by atoms with Gasteiger partial charge >= 0.3 is 0 Å². The monoisotopic (exact) mass is 258 g/mol. The Hall–Kier alpha value is -0.260. The largest absolute Gasteiger partial charge is 0.375 e. The van der Waals surface area contributed by atoms with Crippen LogP contribution in [0.15, 0.2) is 0 Å². The summed E-state index contributed by atoms with van der Waals surface area (Å²) in [6.45, 7) is 6.52. The van der Waals surface area contributed by atoms with E-state index in [1.807, 2.05) is 23.6 Å². The van der Waals surface area contributed by atoms with E-state index >= 15 is 0 Å². The van der Waals surface area contributed by atoms with Gasteiger partial charge in [0.15, 0.2) is 0 Å². The summed E-state index contributed by atoms with van der Waals surface area (Å²) in [7, 11) is 0. The van der Waals surface area contributed by atoms with Crippen LogP contribution in [0.5, 0.6) is 0 Å². The molecule has 2 aliphatic rings. The minimum atomic E-state index is 0.00750. The number of thioether (sulfide) groups is 1. The molecule has 0 bridgehead atoms. The van der Waals surface area contributed by atoms with Crippen LogP contribution < -0.4 is 5.32 Å². The first-order valence-electron chi connectivity index (χ1n) is 6.45. The highest BCUT2D eigenvalue weighted by molar-refractivity contribution is 7.99. The SMILES string of the molecule is CCC1COC(C)CN1C(=O)C1CSCCN1. The second kappa shape index (κ2) is 6.07. The van der Waals surface area contributed by atoms with Gasteiger partial charge in [0.05, 0.1) is 24.8 Å². The normalized spacial score (nSPS) is 34.7. The molecule has 98 valence electrons. The molecule has 0 aromatic carbocycles. The molecule has 2 heterocycles. The van der Waals surface area contributed by atoms with E-state index in [1.54, 1.807) is 0 Å². The number of nitrogens with zero attached hydrogens (tertiary/aromatic N) is 1. The number of morpholine rings is 1. The maximum Gasteiger partial charge on any atom is 0.240 e. The molecule has 0 radical (unpaired) electrons. The van der Waals surface area contributed by atoms with E-state index in [0.29, 0.717) is 6.61 Å². The Bertz CT molecular complexity index is 269. The molecule has 0 saturated carbocycles. The Kier molecular flexibility index (Phi) is 4.70. The molecule has 2 rings (SSSR count). The zero-order valence-corrected chi connectivity index (χ0v) is 11.5. The molecule has 3 atom stereocenters. The Morgan fingerprint density at radius 1 is 1.59 bits per heavy atom. The molecule has 5 heteroatoms. The highest BCUT2D eigenvalue weighted by Gasteiger charge is 2.33. The standard InChI is InChI=1S/C12H22N2O2S/c1-3-10-7-16-9(2)6-14(10)12(15)11-8-17-5-4-13-11/h9-11,13H,3-8H2,1-2H3. The van der Waals surface area contributed by atoms with Crippen molar-refractivity contribution in [3.05, 3.63) is 0 Å². The number of hydrogen-bond acceptors (Lipinski definition) is 4. The van der Waals surface area contributed by atoms with Crippen LogP contribution in [0.3, 0.4) is 0 Å². The van der Waals surface area contributed by atoms with E-state index in [0.717, 1.165) is 31.0 Å². The lowest BCUT2D eigenvalue weighted by Crippen LogP contribution is -2.58. The molecule has 0 aromatic rings. The maximum absolute atomic E-state index is 12.5. The number of ether oxygens (including phenoxy) is 1. The van der Waals surface area contributed by atoms with Crippen molar-refractivity contribution in [2.45, 2.75) is 38.5 Å². The lowest BCUT2D eigenvalue weighted by atomic mass is 10.1. The second-order valence-electron chi connectivity index (χ2n) is 4.78. The van der Waals surface area contributed by atoms with Crippen molar-refractivity contribution in [3.8, 4) is 0 Å². The Morgan fingerprint density at radius 3 is 3.06 bits per heavy atom. The Morgan fingerprint density at radius 2 is 2.41 bits per heavy atom. The zero-order chi connectivity index (χ0) is 12.3. The fourth-order valence-corrected chi connectivity index (χ4v) is 3.30. The first-order valence-corrected chi connectivity index (χ1v) is 7.61. The molecule has 2 aliphatic heterocycles. The van der Waals surface area contributed by atoms with Crippen LogP contribution >= 0.6 is 11.8 Å². The van der Waals surface area contributed by atoms with Crippen LogP contribution in [-0.2, 0) is 9.53 Å². The van der Waals surface area contributed by atoms with Crippen LogP contribution in [0.1, 0.15) is 20.3 Å². The van der Waals surface area contributed by atoms with Gasteiger partial charge in [-0.15, -0.1) is 0 Å². The average molecular weight is 258 g/mol. The van der Waals surface area contributed by atoms with Crippen molar-refractivity contribution in [3.63, 3.8) is 0 Å². The van der Waals surface area contributed by atoms with Gasteiger partial charge in [-0.05, 0) is 13.3 Å².